The monoisotopic (exact) mass is 741 g/mol. The number of fused-ring (bicyclic) bond motifs is 7. The van der Waals surface area contributed by atoms with Crippen molar-refractivity contribution in [3.05, 3.63) is 234 Å². The van der Waals surface area contributed by atoms with E-state index in [1.54, 1.807) is 0 Å². The normalized spacial score (nSPS) is 15.7. The lowest BCUT2D eigenvalue weighted by Crippen LogP contribution is -2.23. The van der Waals surface area contributed by atoms with Crippen LogP contribution in [0.3, 0.4) is 0 Å². The van der Waals surface area contributed by atoms with Gasteiger partial charge in [-0.2, -0.15) is 0 Å². The topological polar surface area (TPSA) is 3.24 Å². The Balaban J connectivity index is 1.09. The van der Waals surface area contributed by atoms with Gasteiger partial charge in [0.15, 0.2) is 0 Å². The SMILES string of the molecule is CC1(C)c2ccccc2-c2ccc(N(c3ccc(-c4ccccc4)cc3)c3ccc4c(c3)C(C)(c3ccccc3)c3cc(-c5ccc6ccccc6c5)ccc3-4)cc21. The maximum atomic E-state index is 2.47. The molecule has 0 aliphatic heterocycles. The summed E-state index contributed by atoms with van der Waals surface area (Å²) in [5, 5.41) is 2.52. The number of hydrogen-bond donors (Lipinski definition) is 0. The van der Waals surface area contributed by atoms with Crippen molar-refractivity contribution in [3.8, 4) is 44.5 Å². The minimum Gasteiger partial charge on any atom is -0.310 e. The van der Waals surface area contributed by atoms with E-state index >= 15 is 0 Å². The Morgan fingerprint density at radius 2 is 0.793 bits per heavy atom. The van der Waals surface area contributed by atoms with Crippen LogP contribution in [0.4, 0.5) is 17.1 Å². The Labute approximate surface area is 341 Å². The summed E-state index contributed by atoms with van der Waals surface area (Å²) in [7, 11) is 0. The van der Waals surface area contributed by atoms with E-state index in [0.29, 0.717) is 0 Å². The molecule has 0 saturated carbocycles. The van der Waals surface area contributed by atoms with E-state index < -0.39 is 0 Å². The standard InChI is InChI=1S/C57H43N/c1-56(2)52-21-13-12-20-48(52)49-32-29-46(36-53(49)56)58(45-27-24-40(25-28-45)38-14-6-4-7-15-38)47-30-33-51-50-31-26-43(42-23-22-39-16-10-11-17-41(39)34-42)35-54(50)57(3,55(51)37-47)44-18-8-5-9-19-44/h4-37H,1-3H3. The van der Waals surface area contributed by atoms with E-state index in [1.807, 2.05) is 0 Å². The Bertz CT molecular complexity index is 3030. The van der Waals surface area contributed by atoms with Gasteiger partial charge in [0.25, 0.3) is 0 Å². The first-order valence-corrected chi connectivity index (χ1v) is 20.4. The molecule has 0 aromatic heterocycles. The lowest BCUT2D eigenvalue weighted by atomic mass is 9.73. The summed E-state index contributed by atoms with van der Waals surface area (Å²) in [6, 6.07) is 76.6. The molecule has 58 heavy (non-hydrogen) atoms. The summed E-state index contributed by atoms with van der Waals surface area (Å²) >= 11 is 0. The van der Waals surface area contributed by atoms with Gasteiger partial charge in [-0.1, -0.05) is 172 Å². The number of nitrogens with zero attached hydrogens (tertiary/aromatic N) is 1. The second-order valence-corrected chi connectivity index (χ2v) is 16.7. The number of rotatable bonds is 6. The summed E-state index contributed by atoms with van der Waals surface area (Å²) in [6.45, 7) is 7.16. The van der Waals surface area contributed by atoms with Gasteiger partial charge in [0.05, 0.1) is 0 Å². The third kappa shape index (κ3) is 5.23. The molecule has 0 radical (unpaired) electrons. The molecular weight excluding hydrogens is 699 g/mol. The van der Waals surface area contributed by atoms with Gasteiger partial charge < -0.3 is 4.90 Å². The number of anilines is 3. The van der Waals surface area contributed by atoms with Gasteiger partial charge in [0.2, 0.25) is 0 Å². The molecule has 9 aromatic rings. The van der Waals surface area contributed by atoms with Crippen LogP contribution in [0.2, 0.25) is 0 Å². The number of hydrogen-bond acceptors (Lipinski definition) is 1. The van der Waals surface area contributed by atoms with E-state index in [9.17, 15) is 0 Å². The molecular formula is C57H43N. The fourth-order valence-corrected chi connectivity index (χ4v) is 10.0. The average Bonchev–Trinajstić information content (AvgIpc) is 3.67. The van der Waals surface area contributed by atoms with E-state index in [1.165, 1.54) is 83.1 Å². The highest BCUT2D eigenvalue weighted by Crippen LogP contribution is 2.56. The van der Waals surface area contributed by atoms with Crippen molar-refractivity contribution in [2.24, 2.45) is 0 Å². The molecule has 1 nitrogen and oxygen atoms in total. The summed E-state index contributed by atoms with van der Waals surface area (Å²) in [6.07, 6.45) is 0. The van der Waals surface area contributed by atoms with Gasteiger partial charge in [-0.15, -0.1) is 0 Å². The highest BCUT2D eigenvalue weighted by molar-refractivity contribution is 5.92. The van der Waals surface area contributed by atoms with E-state index in [-0.39, 0.29) is 10.8 Å². The zero-order valence-electron chi connectivity index (χ0n) is 33.1. The van der Waals surface area contributed by atoms with Gasteiger partial charge in [-0.25, -0.2) is 0 Å². The third-order valence-corrected chi connectivity index (χ3v) is 13.1. The average molecular weight is 742 g/mol. The summed E-state index contributed by atoms with van der Waals surface area (Å²) in [5.41, 5.74) is 19.8. The quantitative estimate of drug-likeness (QED) is 0.164. The molecule has 11 rings (SSSR count). The molecule has 276 valence electrons. The van der Waals surface area contributed by atoms with Crippen LogP contribution in [0.15, 0.2) is 206 Å². The molecule has 0 N–H and O–H groups in total. The van der Waals surface area contributed by atoms with Crippen molar-refractivity contribution < 1.29 is 0 Å². The van der Waals surface area contributed by atoms with Crippen LogP contribution >= 0.6 is 0 Å². The molecule has 2 aliphatic carbocycles. The van der Waals surface area contributed by atoms with Crippen molar-refractivity contribution >= 4 is 27.8 Å². The molecule has 1 heteroatoms. The minimum atomic E-state index is -0.376. The fraction of sp³-hybridized carbons (Fsp3) is 0.0877. The zero-order valence-corrected chi connectivity index (χ0v) is 33.1. The highest BCUT2D eigenvalue weighted by atomic mass is 15.1. The van der Waals surface area contributed by atoms with Crippen LogP contribution in [-0.4, -0.2) is 0 Å². The second-order valence-electron chi connectivity index (χ2n) is 16.7. The van der Waals surface area contributed by atoms with Crippen LogP contribution in [-0.2, 0) is 10.8 Å². The van der Waals surface area contributed by atoms with Crippen LogP contribution < -0.4 is 4.90 Å². The lowest BCUT2D eigenvalue weighted by Gasteiger charge is -2.31. The minimum absolute atomic E-state index is 0.112. The molecule has 0 saturated heterocycles. The Morgan fingerprint density at radius 1 is 0.310 bits per heavy atom. The van der Waals surface area contributed by atoms with Crippen molar-refractivity contribution in [1.82, 2.24) is 0 Å². The molecule has 1 unspecified atom stereocenters. The molecule has 0 spiro atoms. The largest absolute Gasteiger partial charge is 0.310 e. The lowest BCUT2D eigenvalue weighted by molar-refractivity contribution is 0.660. The van der Waals surface area contributed by atoms with Gasteiger partial charge in [0.1, 0.15) is 0 Å². The maximum Gasteiger partial charge on any atom is 0.0465 e. The van der Waals surface area contributed by atoms with Gasteiger partial charge in [0, 0.05) is 27.9 Å². The maximum absolute atomic E-state index is 2.47. The van der Waals surface area contributed by atoms with Crippen LogP contribution in [0.1, 0.15) is 48.6 Å². The molecule has 9 aromatic carbocycles. The van der Waals surface area contributed by atoms with E-state index in [2.05, 4.69) is 232 Å². The molecule has 0 heterocycles. The van der Waals surface area contributed by atoms with Crippen molar-refractivity contribution in [1.29, 1.82) is 0 Å². The Morgan fingerprint density at radius 3 is 1.53 bits per heavy atom. The number of benzene rings is 9. The van der Waals surface area contributed by atoms with Gasteiger partial charge >= 0.3 is 0 Å². The van der Waals surface area contributed by atoms with Crippen LogP contribution in [0.25, 0.3) is 55.3 Å². The molecule has 0 bridgehead atoms. The van der Waals surface area contributed by atoms with Gasteiger partial charge in [-0.3, -0.25) is 0 Å². The predicted octanol–water partition coefficient (Wildman–Crippen LogP) is 15.3. The zero-order chi connectivity index (χ0) is 39.0. The van der Waals surface area contributed by atoms with E-state index in [0.717, 1.165) is 17.1 Å². The Hall–Kier alpha value is -6.96. The summed E-state index contributed by atoms with van der Waals surface area (Å²) in [4.78, 5) is 2.46. The van der Waals surface area contributed by atoms with Crippen LogP contribution in [0, 0.1) is 0 Å². The second kappa shape index (κ2) is 13.0. The molecule has 2 aliphatic rings. The highest BCUT2D eigenvalue weighted by Gasteiger charge is 2.42. The van der Waals surface area contributed by atoms with Crippen molar-refractivity contribution in [2.45, 2.75) is 31.6 Å². The molecule has 0 fully saturated rings. The smallest absolute Gasteiger partial charge is 0.0465 e. The molecule has 0 amide bonds. The first-order chi connectivity index (χ1) is 28.4. The fourth-order valence-electron chi connectivity index (χ4n) is 10.0. The first-order valence-electron chi connectivity index (χ1n) is 20.4. The summed E-state index contributed by atoms with van der Waals surface area (Å²) in [5.74, 6) is 0. The third-order valence-electron chi connectivity index (χ3n) is 13.1. The summed E-state index contributed by atoms with van der Waals surface area (Å²) < 4.78 is 0. The van der Waals surface area contributed by atoms with Crippen LogP contribution in [0.5, 0.6) is 0 Å². The Kier molecular flexibility index (Phi) is 7.72. The molecule has 1 atom stereocenters. The van der Waals surface area contributed by atoms with Crippen molar-refractivity contribution in [2.75, 3.05) is 4.90 Å². The van der Waals surface area contributed by atoms with Gasteiger partial charge in [-0.05, 0) is 139 Å². The van der Waals surface area contributed by atoms with E-state index in [4.69, 9.17) is 0 Å². The first kappa shape index (κ1) is 34.3. The predicted molar refractivity (Wildman–Crippen MR) is 245 cm³/mol. The van der Waals surface area contributed by atoms with Crippen molar-refractivity contribution in [3.63, 3.8) is 0 Å².